The van der Waals surface area contributed by atoms with Crippen molar-refractivity contribution >= 4 is 23.9 Å². The number of hydrogen-bond acceptors (Lipinski definition) is 11. The molecule has 14 heteroatoms. The number of carbonyl (C=O) groups is 4. The molecule has 0 saturated carbocycles. The lowest BCUT2D eigenvalue weighted by atomic mass is 9.77. The standard InChI is InChI=1S/C39H67N3O11/c1-25(2)29(18-28-13-14-32(50-11)33(19-28)51-16-12-15-49-10)20-31(42(23-44)37(48)53-24-52-36(47)39(8,9)22-43)27(5)17-30(26(3)4)34(45)41-21-38(6,7)35(40)46/h13-14,19,25-27,29-31,43-44H,12,15-18,20-24H2,1-11H3,(H2,40,46)(H,41,45)/t27-,29?,30?,31-/m0/s1. The second-order valence-corrected chi connectivity index (χ2v) is 15.8. The predicted molar refractivity (Wildman–Crippen MR) is 201 cm³/mol. The SMILES string of the molecule is COCCCOc1cc(CC(C[C@@H]([C@@H](C)CC(C(=O)NCC(C)(C)C(N)=O)C(C)C)N(CO)C(=O)OCOC(=O)C(C)(C)CO)C(C)C)ccc1OC. The first kappa shape index (κ1) is 47.4. The van der Waals surface area contributed by atoms with Gasteiger partial charge in [-0.3, -0.25) is 19.3 Å². The highest BCUT2D eigenvalue weighted by atomic mass is 16.7. The number of esters is 1. The lowest BCUT2D eigenvalue weighted by molar-refractivity contribution is -0.165. The molecule has 0 aliphatic rings. The molecule has 3 amide bonds. The molecule has 4 atom stereocenters. The Morgan fingerprint density at radius 2 is 1.55 bits per heavy atom. The van der Waals surface area contributed by atoms with E-state index < -0.39 is 60.9 Å². The van der Waals surface area contributed by atoms with Gasteiger partial charge in [0.2, 0.25) is 18.6 Å². The highest BCUT2D eigenvalue weighted by Crippen LogP contribution is 2.35. The fourth-order valence-corrected chi connectivity index (χ4v) is 5.76. The molecular weight excluding hydrogens is 686 g/mol. The van der Waals surface area contributed by atoms with Crippen LogP contribution in [0.3, 0.4) is 0 Å². The number of aliphatic hydroxyl groups is 2. The fourth-order valence-electron chi connectivity index (χ4n) is 5.76. The monoisotopic (exact) mass is 753 g/mol. The number of methoxy groups -OCH3 is 2. The summed E-state index contributed by atoms with van der Waals surface area (Å²) < 4.78 is 27.1. The molecule has 0 radical (unpaired) electrons. The van der Waals surface area contributed by atoms with Crippen LogP contribution in [-0.4, -0.2) is 99.1 Å². The minimum Gasteiger partial charge on any atom is -0.493 e. The Bertz CT molecular complexity index is 1300. The van der Waals surface area contributed by atoms with Crippen molar-refractivity contribution in [3.8, 4) is 11.5 Å². The van der Waals surface area contributed by atoms with Crippen LogP contribution in [0, 0.1) is 40.4 Å². The number of nitrogens with two attached hydrogens (primary N) is 1. The van der Waals surface area contributed by atoms with Crippen molar-refractivity contribution in [2.24, 2.45) is 46.2 Å². The van der Waals surface area contributed by atoms with Gasteiger partial charge in [-0.05, 0) is 88.3 Å². The Labute approximate surface area is 316 Å². The number of nitrogens with one attached hydrogen (secondary N) is 1. The van der Waals surface area contributed by atoms with Crippen molar-refractivity contribution in [2.75, 3.05) is 54.1 Å². The molecule has 1 rings (SSSR count). The zero-order valence-corrected chi connectivity index (χ0v) is 33.9. The molecule has 0 bridgehead atoms. The summed E-state index contributed by atoms with van der Waals surface area (Å²) in [6.07, 6.45) is 1.20. The van der Waals surface area contributed by atoms with Gasteiger partial charge in [0.05, 0.1) is 31.2 Å². The smallest absolute Gasteiger partial charge is 0.414 e. The van der Waals surface area contributed by atoms with Gasteiger partial charge in [0.1, 0.15) is 6.73 Å². The highest BCUT2D eigenvalue weighted by Gasteiger charge is 2.37. The number of hydrogen-bond donors (Lipinski definition) is 4. The molecule has 0 fully saturated rings. The van der Waals surface area contributed by atoms with E-state index in [1.54, 1.807) is 28.1 Å². The van der Waals surface area contributed by atoms with E-state index in [0.29, 0.717) is 50.4 Å². The van der Waals surface area contributed by atoms with Crippen LogP contribution in [-0.2, 0) is 35.0 Å². The van der Waals surface area contributed by atoms with E-state index in [9.17, 15) is 29.4 Å². The minimum absolute atomic E-state index is 0.00934. The number of benzene rings is 1. The number of carbonyl (C=O) groups excluding carboxylic acids is 4. The number of nitrogens with zero attached hydrogens (tertiary/aromatic N) is 1. The molecular formula is C39H67N3O11. The molecule has 0 aromatic heterocycles. The topological polar surface area (TPSA) is 196 Å². The van der Waals surface area contributed by atoms with Gasteiger partial charge in [0, 0.05) is 38.6 Å². The molecule has 2 unspecified atom stereocenters. The quantitative estimate of drug-likeness (QED) is 0.0623. The van der Waals surface area contributed by atoms with Gasteiger partial charge in [0.15, 0.2) is 11.5 Å². The van der Waals surface area contributed by atoms with Gasteiger partial charge in [-0.1, -0.05) is 40.7 Å². The van der Waals surface area contributed by atoms with E-state index in [1.807, 2.05) is 39.0 Å². The third-order valence-corrected chi connectivity index (χ3v) is 9.87. The fraction of sp³-hybridized carbons (Fsp3) is 0.744. The molecule has 0 heterocycles. The molecule has 53 heavy (non-hydrogen) atoms. The maximum absolute atomic E-state index is 13.6. The second-order valence-electron chi connectivity index (χ2n) is 15.8. The zero-order valence-electron chi connectivity index (χ0n) is 33.9. The minimum atomic E-state index is -1.19. The van der Waals surface area contributed by atoms with Crippen molar-refractivity contribution in [3.63, 3.8) is 0 Å². The Hall–Kier alpha value is -3.62. The van der Waals surface area contributed by atoms with Crippen LogP contribution in [0.25, 0.3) is 0 Å². The van der Waals surface area contributed by atoms with Crippen molar-refractivity contribution in [2.45, 2.75) is 94.0 Å². The van der Waals surface area contributed by atoms with Gasteiger partial charge >= 0.3 is 12.1 Å². The van der Waals surface area contributed by atoms with Gasteiger partial charge in [-0.15, -0.1) is 0 Å². The first-order chi connectivity index (χ1) is 24.8. The van der Waals surface area contributed by atoms with Crippen molar-refractivity contribution in [3.05, 3.63) is 23.8 Å². The second kappa shape index (κ2) is 22.6. The summed E-state index contributed by atoms with van der Waals surface area (Å²) in [6, 6.07) is 5.18. The van der Waals surface area contributed by atoms with E-state index in [1.165, 1.54) is 18.7 Å². The average Bonchev–Trinajstić information content (AvgIpc) is 3.10. The Kier molecular flexibility index (Phi) is 20.2. The summed E-state index contributed by atoms with van der Waals surface area (Å²) in [5.41, 5.74) is 4.38. The van der Waals surface area contributed by atoms with Gasteiger partial charge in [0.25, 0.3) is 0 Å². The Morgan fingerprint density at radius 3 is 2.08 bits per heavy atom. The van der Waals surface area contributed by atoms with Crippen LogP contribution >= 0.6 is 0 Å². The molecule has 0 aliphatic heterocycles. The molecule has 1 aromatic rings. The number of amides is 3. The summed E-state index contributed by atoms with van der Waals surface area (Å²) in [7, 11) is 3.22. The number of primary amides is 1. The van der Waals surface area contributed by atoms with Crippen LogP contribution in [0.1, 0.15) is 87.1 Å². The van der Waals surface area contributed by atoms with Crippen molar-refractivity contribution < 1.29 is 53.1 Å². The lowest BCUT2D eigenvalue weighted by Gasteiger charge is -2.38. The van der Waals surface area contributed by atoms with Crippen LogP contribution in [0.15, 0.2) is 18.2 Å². The molecule has 304 valence electrons. The number of ether oxygens (including phenoxy) is 5. The third kappa shape index (κ3) is 15.3. The lowest BCUT2D eigenvalue weighted by Crippen LogP contribution is -2.48. The normalized spacial score (nSPS) is 14.2. The summed E-state index contributed by atoms with van der Waals surface area (Å²) >= 11 is 0. The van der Waals surface area contributed by atoms with Gasteiger partial charge < -0.3 is 44.9 Å². The highest BCUT2D eigenvalue weighted by molar-refractivity contribution is 5.83. The maximum atomic E-state index is 13.6. The molecule has 5 N–H and O–H groups in total. The molecule has 0 saturated heterocycles. The Balaban J connectivity index is 3.46. The van der Waals surface area contributed by atoms with Crippen LogP contribution in [0.5, 0.6) is 11.5 Å². The predicted octanol–water partition coefficient (Wildman–Crippen LogP) is 4.52. The summed E-state index contributed by atoms with van der Waals surface area (Å²) in [5, 5.41) is 23.0. The van der Waals surface area contributed by atoms with Crippen LogP contribution < -0.4 is 20.5 Å². The third-order valence-electron chi connectivity index (χ3n) is 9.87. The van der Waals surface area contributed by atoms with Crippen LogP contribution in [0.2, 0.25) is 0 Å². The van der Waals surface area contributed by atoms with Gasteiger partial charge in [-0.2, -0.15) is 0 Å². The van der Waals surface area contributed by atoms with E-state index in [4.69, 9.17) is 29.4 Å². The number of aliphatic hydroxyl groups excluding tert-OH is 2. The summed E-state index contributed by atoms with van der Waals surface area (Å²) in [5.74, 6) is -1.10. The molecule has 0 spiro atoms. The van der Waals surface area contributed by atoms with E-state index in [2.05, 4.69) is 19.2 Å². The Morgan fingerprint density at radius 1 is 0.887 bits per heavy atom. The van der Waals surface area contributed by atoms with E-state index in [-0.39, 0.29) is 36.1 Å². The maximum Gasteiger partial charge on any atom is 0.414 e. The van der Waals surface area contributed by atoms with E-state index in [0.717, 1.165) is 5.56 Å². The average molecular weight is 754 g/mol. The summed E-state index contributed by atoms with van der Waals surface area (Å²) in [6.45, 7) is 15.5. The van der Waals surface area contributed by atoms with Crippen LogP contribution in [0.4, 0.5) is 4.79 Å². The first-order valence-corrected chi connectivity index (χ1v) is 18.4. The molecule has 0 aliphatic carbocycles. The van der Waals surface area contributed by atoms with E-state index >= 15 is 0 Å². The molecule has 14 nitrogen and oxygen atoms in total. The van der Waals surface area contributed by atoms with Crippen molar-refractivity contribution in [1.82, 2.24) is 10.2 Å². The summed E-state index contributed by atoms with van der Waals surface area (Å²) in [4.78, 5) is 52.6. The number of rotatable bonds is 25. The largest absolute Gasteiger partial charge is 0.493 e. The van der Waals surface area contributed by atoms with Crippen molar-refractivity contribution in [1.29, 1.82) is 0 Å². The van der Waals surface area contributed by atoms with Gasteiger partial charge in [-0.25, -0.2) is 4.79 Å². The first-order valence-electron chi connectivity index (χ1n) is 18.4. The zero-order chi connectivity index (χ0) is 40.5. The molecule has 1 aromatic carbocycles.